The normalized spacial score (nSPS) is 11.2. The fourth-order valence-corrected chi connectivity index (χ4v) is 2.64. The molecule has 2 aromatic rings. The van der Waals surface area contributed by atoms with Crippen molar-refractivity contribution in [1.29, 1.82) is 0 Å². The van der Waals surface area contributed by atoms with Crippen LogP contribution < -0.4 is 10.5 Å². The summed E-state index contributed by atoms with van der Waals surface area (Å²) in [4.78, 5) is 15.6. The Morgan fingerprint density at radius 2 is 2.00 bits per heavy atom. The Bertz CT molecular complexity index is 679. The van der Waals surface area contributed by atoms with Crippen LogP contribution in [0.3, 0.4) is 0 Å². The molecule has 1 heterocycles. The Kier molecular flexibility index (Phi) is 4.48. The van der Waals surface area contributed by atoms with Crippen molar-refractivity contribution in [2.45, 2.75) is 11.3 Å². The molecule has 0 unspecified atom stereocenters. The second-order valence-corrected chi connectivity index (χ2v) is 6.49. The molecule has 0 radical (unpaired) electrons. The lowest BCUT2D eigenvalue weighted by Crippen LogP contribution is -2.25. The highest BCUT2D eigenvalue weighted by Crippen LogP contribution is 2.09. The average Bonchev–Trinajstić information content (AvgIpc) is 2.92. The second-order valence-electron chi connectivity index (χ2n) is 4.03. The van der Waals surface area contributed by atoms with Gasteiger partial charge in [0.15, 0.2) is 5.01 Å². The maximum atomic E-state index is 11.6. The molecule has 0 bridgehead atoms. The average molecular weight is 311 g/mol. The van der Waals surface area contributed by atoms with Crippen molar-refractivity contribution < 1.29 is 13.2 Å². The molecule has 0 saturated heterocycles. The molecule has 0 aliphatic rings. The van der Waals surface area contributed by atoms with Gasteiger partial charge < -0.3 is 5.32 Å². The minimum Gasteiger partial charge on any atom is -0.350 e. The fraction of sp³-hybridized carbons (Fsp3) is 0.167. The monoisotopic (exact) mass is 311 g/mol. The zero-order valence-corrected chi connectivity index (χ0v) is 12.1. The molecule has 3 N–H and O–H groups in total. The Morgan fingerprint density at radius 3 is 2.55 bits per heavy atom. The molecule has 1 aromatic heterocycles. The first-order chi connectivity index (χ1) is 9.47. The van der Waals surface area contributed by atoms with Crippen LogP contribution in [-0.2, 0) is 16.4 Å². The molecule has 0 aliphatic carbocycles. The van der Waals surface area contributed by atoms with E-state index in [9.17, 15) is 13.2 Å². The number of nitrogens with zero attached hydrogens (tertiary/aromatic N) is 1. The van der Waals surface area contributed by atoms with E-state index in [-0.39, 0.29) is 10.8 Å². The Morgan fingerprint density at radius 1 is 1.30 bits per heavy atom. The van der Waals surface area contributed by atoms with Gasteiger partial charge in [0.2, 0.25) is 10.0 Å². The number of carbonyl (C=O) groups excluding carboxylic acids is 1. The topological polar surface area (TPSA) is 102 Å². The number of nitrogens with one attached hydrogen (secondary N) is 1. The Hall–Kier alpha value is -1.77. The number of carbonyl (C=O) groups is 1. The predicted octanol–water partition coefficient (Wildman–Crippen LogP) is 0.763. The van der Waals surface area contributed by atoms with E-state index in [0.29, 0.717) is 18.0 Å². The van der Waals surface area contributed by atoms with Crippen molar-refractivity contribution >= 4 is 27.3 Å². The quantitative estimate of drug-likeness (QED) is 0.851. The summed E-state index contributed by atoms with van der Waals surface area (Å²) in [6, 6.07) is 6.26. The third kappa shape index (κ3) is 3.86. The number of thiazole rings is 1. The van der Waals surface area contributed by atoms with Crippen molar-refractivity contribution in [2.75, 3.05) is 6.54 Å². The van der Waals surface area contributed by atoms with Gasteiger partial charge in [0.05, 0.1) is 4.90 Å². The molecule has 0 fully saturated rings. The summed E-state index contributed by atoms with van der Waals surface area (Å²) in [5.41, 5.74) is 0.914. The van der Waals surface area contributed by atoms with E-state index >= 15 is 0 Å². The molecule has 1 amide bonds. The molecule has 0 aliphatic heterocycles. The zero-order valence-electron chi connectivity index (χ0n) is 10.4. The Balaban J connectivity index is 1.87. The smallest absolute Gasteiger partial charge is 0.280 e. The lowest BCUT2D eigenvalue weighted by molar-refractivity contribution is 0.0954. The summed E-state index contributed by atoms with van der Waals surface area (Å²) in [6.07, 6.45) is 2.17. The van der Waals surface area contributed by atoms with E-state index in [0.717, 1.165) is 5.56 Å². The number of aromatic nitrogens is 1. The lowest BCUT2D eigenvalue weighted by atomic mass is 10.1. The van der Waals surface area contributed by atoms with Crippen LogP contribution >= 0.6 is 11.3 Å². The standard InChI is InChI=1S/C12H13N3O3S2/c13-20(17,18)10-3-1-9(2-4-10)5-6-14-11(16)12-15-7-8-19-12/h1-4,7-8H,5-6H2,(H,14,16)(H2,13,17,18). The molecule has 0 atom stereocenters. The van der Waals surface area contributed by atoms with Crippen LogP contribution in [0.25, 0.3) is 0 Å². The summed E-state index contributed by atoms with van der Waals surface area (Å²) in [5.74, 6) is -0.207. The molecule has 8 heteroatoms. The van der Waals surface area contributed by atoms with E-state index in [1.165, 1.54) is 23.5 Å². The van der Waals surface area contributed by atoms with Crippen molar-refractivity contribution in [3.8, 4) is 0 Å². The van der Waals surface area contributed by atoms with Gasteiger partial charge in [-0.1, -0.05) is 12.1 Å². The third-order valence-electron chi connectivity index (χ3n) is 2.58. The van der Waals surface area contributed by atoms with Gasteiger partial charge in [0.25, 0.3) is 5.91 Å². The highest BCUT2D eigenvalue weighted by molar-refractivity contribution is 7.89. The first kappa shape index (κ1) is 14.6. The summed E-state index contributed by atoms with van der Waals surface area (Å²) in [7, 11) is -3.66. The molecule has 6 nitrogen and oxygen atoms in total. The van der Waals surface area contributed by atoms with Crippen LogP contribution in [0.5, 0.6) is 0 Å². The van der Waals surface area contributed by atoms with Crippen LogP contribution in [0.15, 0.2) is 40.7 Å². The molecule has 0 saturated carbocycles. The zero-order chi connectivity index (χ0) is 14.6. The number of sulfonamides is 1. The van der Waals surface area contributed by atoms with Crippen LogP contribution in [0.4, 0.5) is 0 Å². The number of benzene rings is 1. The van der Waals surface area contributed by atoms with E-state index in [1.807, 2.05) is 0 Å². The van der Waals surface area contributed by atoms with Gasteiger partial charge in [-0.25, -0.2) is 18.5 Å². The third-order valence-corrected chi connectivity index (χ3v) is 4.28. The number of primary sulfonamides is 1. The fourth-order valence-electron chi connectivity index (χ4n) is 1.58. The van der Waals surface area contributed by atoms with Crippen molar-refractivity contribution in [2.24, 2.45) is 5.14 Å². The van der Waals surface area contributed by atoms with Crippen molar-refractivity contribution in [3.63, 3.8) is 0 Å². The summed E-state index contributed by atoms with van der Waals surface area (Å²) in [6.45, 7) is 0.452. The first-order valence-corrected chi connectivity index (χ1v) is 8.19. The van der Waals surface area contributed by atoms with Gasteiger partial charge in [-0.2, -0.15) is 0 Å². The molecule has 1 aromatic carbocycles. The summed E-state index contributed by atoms with van der Waals surface area (Å²) in [5, 5.41) is 9.92. The molecule has 106 valence electrons. The number of hydrogen-bond donors (Lipinski definition) is 2. The maximum Gasteiger partial charge on any atom is 0.280 e. The SMILES string of the molecule is NS(=O)(=O)c1ccc(CCNC(=O)c2nccs2)cc1. The molecule has 2 rings (SSSR count). The summed E-state index contributed by atoms with van der Waals surface area (Å²) >= 11 is 1.28. The lowest BCUT2D eigenvalue weighted by Gasteiger charge is -2.04. The van der Waals surface area contributed by atoms with Gasteiger partial charge in [-0.05, 0) is 24.1 Å². The second kappa shape index (κ2) is 6.12. The van der Waals surface area contributed by atoms with Crippen LogP contribution in [0.1, 0.15) is 15.4 Å². The molecule has 20 heavy (non-hydrogen) atoms. The molecule has 0 spiro atoms. The van der Waals surface area contributed by atoms with Crippen LogP contribution in [0.2, 0.25) is 0 Å². The van der Waals surface area contributed by atoms with Crippen LogP contribution in [-0.4, -0.2) is 25.9 Å². The highest BCUT2D eigenvalue weighted by atomic mass is 32.2. The van der Waals surface area contributed by atoms with Gasteiger partial charge in [0, 0.05) is 18.1 Å². The largest absolute Gasteiger partial charge is 0.350 e. The van der Waals surface area contributed by atoms with E-state index < -0.39 is 10.0 Å². The Labute approximate surface area is 120 Å². The van der Waals surface area contributed by atoms with Gasteiger partial charge in [-0.15, -0.1) is 11.3 Å². The highest BCUT2D eigenvalue weighted by Gasteiger charge is 2.08. The van der Waals surface area contributed by atoms with Crippen molar-refractivity contribution in [1.82, 2.24) is 10.3 Å². The van der Waals surface area contributed by atoms with E-state index in [2.05, 4.69) is 10.3 Å². The summed E-state index contributed by atoms with van der Waals surface area (Å²) < 4.78 is 22.2. The number of nitrogens with two attached hydrogens (primary N) is 1. The predicted molar refractivity (Wildman–Crippen MR) is 76.0 cm³/mol. The maximum absolute atomic E-state index is 11.6. The number of hydrogen-bond acceptors (Lipinski definition) is 5. The molecular formula is C12H13N3O3S2. The van der Waals surface area contributed by atoms with Gasteiger partial charge in [-0.3, -0.25) is 4.79 Å². The first-order valence-electron chi connectivity index (χ1n) is 5.76. The van der Waals surface area contributed by atoms with Crippen LogP contribution in [0, 0.1) is 0 Å². The minimum absolute atomic E-state index is 0.0769. The molecular weight excluding hydrogens is 298 g/mol. The van der Waals surface area contributed by atoms with E-state index in [4.69, 9.17) is 5.14 Å². The van der Waals surface area contributed by atoms with E-state index in [1.54, 1.807) is 23.7 Å². The number of amides is 1. The van der Waals surface area contributed by atoms with Gasteiger partial charge >= 0.3 is 0 Å². The number of rotatable bonds is 5. The van der Waals surface area contributed by atoms with Crippen molar-refractivity contribution in [3.05, 3.63) is 46.4 Å². The van der Waals surface area contributed by atoms with Gasteiger partial charge in [0.1, 0.15) is 0 Å². The minimum atomic E-state index is -3.66.